The third-order valence-electron chi connectivity index (χ3n) is 4.32. The Morgan fingerprint density at radius 2 is 1.96 bits per heavy atom. The van der Waals surface area contributed by atoms with Crippen molar-refractivity contribution in [3.05, 3.63) is 53.4 Å². The molecule has 0 spiro atoms. The van der Waals surface area contributed by atoms with Crippen molar-refractivity contribution in [3.63, 3.8) is 0 Å². The van der Waals surface area contributed by atoms with Crippen LogP contribution in [0, 0.1) is 0 Å². The Morgan fingerprint density at radius 1 is 1.19 bits per heavy atom. The van der Waals surface area contributed by atoms with Gasteiger partial charge >= 0.3 is 0 Å². The van der Waals surface area contributed by atoms with Crippen molar-refractivity contribution >= 4 is 34.6 Å². The Balaban J connectivity index is 1.94. The number of para-hydroxylation sites is 1. The summed E-state index contributed by atoms with van der Waals surface area (Å²) in [6.45, 7) is 6.11. The topological polar surface area (TPSA) is 32.9 Å². The quantitative estimate of drug-likeness (QED) is 0.600. The van der Waals surface area contributed by atoms with Gasteiger partial charge < -0.3 is 19.5 Å². The van der Waals surface area contributed by atoms with Crippen molar-refractivity contribution in [3.8, 4) is 0 Å². The van der Waals surface area contributed by atoms with Crippen LogP contribution in [0.3, 0.4) is 0 Å². The number of quaternary nitrogens is 1. The van der Waals surface area contributed by atoms with Crippen LogP contribution < -0.4 is 10.2 Å². The van der Waals surface area contributed by atoms with Crippen LogP contribution in [0.2, 0.25) is 5.02 Å². The number of hydrogen-bond acceptors (Lipinski definition) is 2. The van der Waals surface area contributed by atoms with Gasteiger partial charge in [-0.15, -0.1) is 0 Å². The number of thiocarbonyl (C=S) groups is 1. The molecule has 1 aromatic heterocycles. The lowest BCUT2D eigenvalue weighted by Gasteiger charge is -2.26. The fraction of sp³-hybridized carbons (Fsp3) is 0.450. The maximum atomic E-state index is 6.25. The third-order valence-corrected chi connectivity index (χ3v) is 5.01. The van der Waals surface area contributed by atoms with Gasteiger partial charge in [0.25, 0.3) is 0 Å². The highest BCUT2D eigenvalue weighted by Crippen LogP contribution is 2.21. The second-order valence-electron chi connectivity index (χ2n) is 6.58. The second-order valence-corrected chi connectivity index (χ2v) is 7.37. The van der Waals surface area contributed by atoms with Gasteiger partial charge in [0.1, 0.15) is 5.76 Å². The molecule has 2 rings (SSSR count). The average molecular weight is 395 g/mol. The molecule has 0 aliphatic carbocycles. The molecular weight excluding hydrogens is 366 g/mol. The number of halogens is 1. The summed E-state index contributed by atoms with van der Waals surface area (Å²) < 4.78 is 5.51. The molecule has 0 aliphatic heterocycles. The van der Waals surface area contributed by atoms with Gasteiger partial charge in [-0.3, -0.25) is 0 Å². The van der Waals surface area contributed by atoms with Crippen LogP contribution in [0.15, 0.2) is 47.1 Å². The van der Waals surface area contributed by atoms with Crippen molar-refractivity contribution in [1.29, 1.82) is 0 Å². The summed E-state index contributed by atoms with van der Waals surface area (Å²) in [6.07, 6.45) is 5.28. The molecule has 1 unspecified atom stereocenters. The predicted molar refractivity (Wildman–Crippen MR) is 113 cm³/mol. The van der Waals surface area contributed by atoms with Crippen molar-refractivity contribution in [2.45, 2.75) is 32.7 Å². The van der Waals surface area contributed by atoms with E-state index in [0.717, 1.165) is 31.0 Å². The summed E-state index contributed by atoms with van der Waals surface area (Å²) in [5, 5.41) is 4.60. The van der Waals surface area contributed by atoms with E-state index in [2.05, 4.69) is 24.2 Å². The maximum absolute atomic E-state index is 6.25. The number of nitrogens with one attached hydrogen (secondary N) is 2. The number of anilines is 1. The van der Waals surface area contributed by atoms with Gasteiger partial charge in [0.05, 0.1) is 43.7 Å². The number of furan rings is 1. The Kier molecular flexibility index (Phi) is 8.95. The van der Waals surface area contributed by atoms with Crippen LogP contribution in [0.4, 0.5) is 5.69 Å². The smallest absolute Gasteiger partial charge is 0.173 e. The molecule has 0 fully saturated rings. The Hall–Kier alpha value is -1.56. The molecule has 1 atom stereocenters. The van der Waals surface area contributed by atoms with Crippen molar-refractivity contribution < 1.29 is 9.32 Å². The molecule has 26 heavy (non-hydrogen) atoms. The first-order valence-electron chi connectivity index (χ1n) is 9.24. The van der Waals surface area contributed by atoms with E-state index < -0.39 is 0 Å². The second kappa shape index (κ2) is 11.2. The number of rotatable bonds is 10. The van der Waals surface area contributed by atoms with E-state index >= 15 is 0 Å². The molecule has 1 heterocycles. The lowest BCUT2D eigenvalue weighted by molar-refractivity contribution is -0.880. The SMILES string of the molecule is CCCC[NH+](C)CCCN(Cc1ccco1)C(=S)Nc1ccccc1Cl. The molecule has 1 aromatic carbocycles. The lowest BCUT2D eigenvalue weighted by atomic mass is 10.3. The van der Waals surface area contributed by atoms with Crippen LogP contribution >= 0.6 is 23.8 Å². The maximum Gasteiger partial charge on any atom is 0.173 e. The first-order valence-corrected chi connectivity index (χ1v) is 10.0. The van der Waals surface area contributed by atoms with Crippen LogP contribution in [0.5, 0.6) is 0 Å². The molecular formula is C20H29ClN3OS+. The number of nitrogens with zero attached hydrogens (tertiary/aromatic N) is 1. The minimum atomic E-state index is 0.650. The highest BCUT2D eigenvalue weighted by atomic mass is 35.5. The molecule has 0 bridgehead atoms. The standard InChI is InChI=1S/C20H28ClN3OS/c1-3-4-12-23(2)13-8-14-24(16-17-9-7-15-25-17)20(26)22-19-11-6-5-10-18(19)21/h5-7,9-11,15H,3-4,8,12-14,16H2,1-2H3,(H,22,26)/p+1. The van der Waals surface area contributed by atoms with Gasteiger partial charge in [-0.2, -0.15) is 0 Å². The average Bonchev–Trinajstić information content (AvgIpc) is 3.14. The Morgan fingerprint density at radius 3 is 2.65 bits per heavy atom. The largest absolute Gasteiger partial charge is 0.467 e. The van der Waals surface area contributed by atoms with Gasteiger partial charge in [0.15, 0.2) is 5.11 Å². The molecule has 6 heteroatoms. The van der Waals surface area contributed by atoms with Gasteiger partial charge in [-0.1, -0.05) is 37.1 Å². The monoisotopic (exact) mass is 394 g/mol. The summed E-state index contributed by atoms with van der Waals surface area (Å²) in [5.74, 6) is 0.903. The highest BCUT2D eigenvalue weighted by Gasteiger charge is 2.14. The normalized spacial score (nSPS) is 12.0. The van der Waals surface area contributed by atoms with E-state index in [4.69, 9.17) is 28.2 Å². The fourth-order valence-electron chi connectivity index (χ4n) is 2.78. The van der Waals surface area contributed by atoms with Gasteiger partial charge in [0.2, 0.25) is 0 Å². The molecule has 2 N–H and O–H groups in total. The van der Waals surface area contributed by atoms with Gasteiger partial charge in [0, 0.05) is 13.0 Å². The summed E-state index contributed by atoms with van der Waals surface area (Å²) in [4.78, 5) is 3.71. The summed E-state index contributed by atoms with van der Waals surface area (Å²) in [7, 11) is 2.26. The van der Waals surface area contributed by atoms with E-state index in [-0.39, 0.29) is 0 Å². The molecule has 142 valence electrons. The minimum absolute atomic E-state index is 0.650. The zero-order chi connectivity index (χ0) is 18.8. The third kappa shape index (κ3) is 6.98. The molecule has 0 amide bonds. The first kappa shape index (κ1) is 20.7. The van der Waals surface area contributed by atoms with Gasteiger partial charge in [-0.05, 0) is 42.9 Å². The van der Waals surface area contributed by atoms with Gasteiger partial charge in [-0.25, -0.2) is 0 Å². The van der Waals surface area contributed by atoms with Crippen LogP contribution in [-0.2, 0) is 6.54 Å². The van der Waals surface area contributed by atoms with Crippen molar-refractivity contribution in [1.82, 2.24) is 4.90 Å². The number of hydrogen-bond donors (Lipinski definition) is 2. The van der Waals surface area contributed by atoms with E-state index in [9.17, 15) is 0 Å². The van der Waals surface area contributed by atoms with E-state index in [1.54, 1.807) is 11.2 Å². The summed E-state index contributed by atoms with van der Waals surface area (Å²) in [6, 6.07) is 11.5. The Labute approximate surface area is 167 Å². The van der Waals surface area contributed by atoms with Crippen LogP contribution in [0.25, 0.3) is 0 Å². The molecule has 0 radical (unpaired) electrons. The highest BCUT2D eigenvalue weighted by molar-refractivity contribution is 7.80. The number of benzene rings is 1. The molecule has 2 aromatic rings. The van der Waals surface area contributed by atoms with Crippen LogP contribution in [0.1, 0.15) is 31.9 Å². The van der Waals surface area contributed by atoms with E-state index in [1.807, 2.05) is 36.4 Å². The fourth-order valence-corrected chi connectivity index (χ4v) is 3.22. The van der Waals surface area contributed by atoms with Crippen LogP contribution in [-0.4, -0.2) is 36.7 Å². The Bertz CT molecular complexity index is 663. The molecule has 0 aliphatic rings. The molecule has 0 saturated heterocycles. The zero-order valence-corrected chi connectivity index (χ0v) is 17.2. The summed E-state index contributed by atoms with van der Waals surface area (Å²) >= 11 is 11.9. The van der Waals surface area contributed by atoms with E-state index in [1.165, 1.54) is 19.4 Å². The van der Waals surface area contributed by atoms with Crippen molar-refractivity contribution in [2.75, 3.05) is 32.0 Å². The van der Waals surface area contributed by atoms with E-state index in [0.29, 0.717) is 16.7 Å². The first-order chi connectivity index (χ1) is 12.6. The number of unbranched alkanes of at least 4 members (excludes halogenated alkanes) is 1. The predicted octanol–water partition coefficient (Wildman–Crippen LogP) is 3.84. The molecule has 0 saturated carbocycles. The summed E-state index contributed by atoms with van der Waals surface area (Å²) in [5.41, 5.74) is 0.828. The van der Waals surface area contributed by atoms with Crippen molar-refractivity contribution in [2.24, 2.45) is 0 Å². The zero-order valence-electron chi connectivity index (χ0n) is 15.6. The lowest BCUT2D eigenvalue weighted by Crippen LogP contribution is -3.09. The minimum Gasteiger partial charge on any atom is -0.467 e. The molecule has 4 nitrogen and oxygen atoms in total.